The van der Waals surface area contributed by atoms with Crippen LogP contribution in [0.3, 0.4) is 0 Å². The minimum absolute atomic E-state index is 0.0155. The van der Waals surface area contributed by atoms with Crippen LogP contribution in [0.5, 0.6) is 0 Å². The van der Waals surface area contributed by atoms with Crippen molar-refractivity contribution in [2.24, 2.45) is 5.41 Å². The number of halogens is 2. The Kier molecular flexibility index (Phi) is 4.67. The zero-order valence-electron chi connectivity index (χ0n) is 15.4. The highest BCUT2D eigenvalue weighted by Gasteiger charge is 2.65. The second-order valence-electron chi connectivity index (χ2n) is 8.41. The Balaban J connectivity index is 1.69. The summed E-state index contributed by atoms with van der Waals surface area (Å²) < 4.78 is 19.5. The van der Waals surface area contributed by atoms with E-state index in [0.29, 0.717) is 12.0 Å². The van der Waals surface area contributed by atoms with Crippen molar-refractivity contribution in [1.82, 2.24) is 10.2 Å². The fourth-order valence-corrected chi connectivity index (χ4v) is 3.76. The Morgan fingerprint density at radius 3 is 2.73 bits per heavy atom. The molecule has 0 aromatic heterocycles. The van der Waals surface area contributed by atoms with Crippen LogP contribution >= 0.6 is 11.6 Å². The average Bonchev–Trinajstić information content (AvgIpc) is 3.07. The predicted octanol–water partition coefficient (Wildman–Crippen LogP) is 3.88. The Morgan fingerprint density at radius 1 is 1.38 bits per heavy atom. The largest absolute Gasteiger partial charge is 0.444 e. The fraction of sp³-hybridized carbons (Fsp3) is 0.579. The molecule has 1 aliphatic heterocycles. The van der Waals surface area contributed by atoms with Crippen molar-refractivity contribution in [1.29, 1.82) is 0 Å². The van der Waals surface area contributed by atoms with E-state index in [1.54, 1.807) is 37.8 Å². The molecule has 1 aromatic rings. The van der Waals surface area contributed by atoms with Gasteiger partial charge in [-0.3, -0.25) is 9.69 Å². The summed E-state index contributed by atoms with van der Waals surface area (Å²) in [5.74, 6) is -0.844. The van der Waals surface area contributed by atoms with E-state index in [4.69, 9.17) is 16.3 Å². The summed E-state index contributed by atoms with van der Waals surface area (Å²) in [6.45, 7) is 7.47. The van der Waals surface area contributed by atoms with Gasteiger partial charge >= 0.3 is 6.09 Å². The number of nitrogens with zero attached hydrogens (tertiary/aromatic N) is 1. The Hall–Kier alpha value is -1.82. The van der Waals surface area contributed by atoms with Gasteiger partial charge in [-0.05, 0) is 45.1 Å². The molecule has 2 fully saturated rings. The molecular weight excluding hydrogens is 359 g/mol. The fourth-order valence-electron chi connectivity index (χ4n) is 3.57. The summed E-state index contributed by atoms with van der Waals surface area (Å²) in [6.07, 6.45) is 0.984. The number of amides is 2. The molecule has 1 saturated carbocycles. The zero-order valence-corrected chi connectivity index (χ0v) is 16.2. The molecule has 1 N–H and O–H groups in total. The highest BCUT2D eigenvalue weighted by atomic mass is 35.5. The lowest BCUT2D eigenvalue weighted by atomic mass is 10.0. The van der Waals surface area contributed by atoms with Crippen molar-refractivity contribution in [3.8, 4) is 0 Å². The number of piperidine rings is 1. The topological polar surface area (TPSA) is 58.6 Å². The third-order valence-electron chi connectivity index (χ3n) is 5.03. The third-order valence-corrected chi connectivity index (χ3v) is 5.32. The smallest absolute Gasteiger partial charge is 0.411 e. The Morgan fingerprint density at radius 2 is 2.08 bits per heavy atom. The van der Waals surface area contributed by atoms with Gasteiger partial charge in [0.25, 0.3) is 0 Å². The first kappa shape index (κ1) is 19.0. The monoisotopic (exact) mass is 382 g/mol. The van der Waals surface area contributed by atoms with Crippen LogP contribution in [0, 0.1) is 11.2 Å². The summed E-state index contributed by atoms with van der Waals surface area (Å²) in [6, 6.07) is 4.08. The van der Waals surface area contributed by atoms with Crippen LogP contribution in [0.25, 0.3) is 0 Å². The molecule has 0 unspecified atom stereocenters. The first-order valence-corrected chi connectivity index (χ1v) is 9.11. The van der Waals surface area contributed by atoms with Crippen LogP contribution in [-0.2, 0) is 16.1 Å². The average molecular weight is 383 g/mol. The lowest BCUT2D eigenvalue weighted by molar-refractivity contribution is -0.126. The number of hydrogen-bond acceptors (Lipinski definition) is 3. The number of hydrogen-bond donors (Lipinski definition) is 1. The number of carbonyl (C=O) groups excluding carboxylic acids is 2. The van der Waals surface area contributed by atoms with E-state index in [9.17, 15) is 14.0 Å². The van der Waals surface area contributed by atoms with E-state index in [1.165, 1.54) is 6.07 Å². The van der Waals surface area contributed by atoms with Gasteiger partial charge in [0.2, 0.25) is 5.91 Å². The van der Waals surface area contributed by atoms with Gasteiger partial charge in [-0.2, -0.15) is 0 Å². The van der Waals surface area contributed by atoms with Gasteiger partial charge in [0.1, 0.15) is 17.5 Å². The molecule has 5 nitrogen and oxygen atoms in total. The number of carbonyl (C=O) groups is 2. The van der Waals surface area contributed by atoms with E-state index >= 15 is 0 Å². The minimum atomic E-state index is -0.629. The van der Waals surface area contributed by atoms with Crippen LogP contribution in [0.1, 0.15) is 46.1 Å². The Bertz CT molecular complexity index is 749. The summed E-state index contributed by atoms with van der Waals surface area (Å²) in [7, 11) is 0. The maximum Gasteiger partial charge on any atom is 0.411 e. The molecule has 2 aliphatic rings. The maximum absolute atomic E-state index is 14.0. The number of likely N-dealkylation sites (tertiary alicyclic amines) is 1. The molecule has 1 aromatic carbocycles. The summed E-state index contributed by atoms with van der Waals surface area (Å²) >= 11 is 5.77. The van der Waals surface area contributed by atoms with E-state index in [-0.39, 0.29) is 28.9 Å². The zero-order chi connectivity index (χ0) is 19.3. The predicted molar refractivity (Wildman–Crippen MR) is 96.2 cm³/mol. The SMILES string of the molecule is CC(C)(C)OC(=O)N1[C@H](C(=O)NCc2cccc(Cl)c2F)C[C@@]2(C)C[C@@H]12. The van der Waals surface area contributed by atoms with Gasteiger partial charge in [0, 0.05) is 18.2 Å². The molecule has 7 heteroatoms. The quantitative estimate of drug-likeness (QED) is 0.862. The van der Waals surface area contributed by atoms with Crippen LogP contribution in [0.4, 0.5) is 9.18 Å². The Labute approximate surface area is 157 Å². The number of nitrogens with one attached hydrogen (secondary N) is 1. The number of rotatable bonds is 3. The molecule has 0 bridgehead atoms. The number of benzene rings is 1. The van der Waals surface area contributed by atoms with Gasteiger partial charge in [0.15, 0.2) is 0 Å². The molecule has 1 aliphatic carbocycles. The van der Waals surface area contributed by atoms with Crippen molar-refractivity contribution in [3.63, 3.8) is 0 Å². The number of ether oxygens (including phenoxy) is 1. The molecule has 1 saturated heterocycles. The molecule has 142 valence electrons. The van der Waals surface area contributed by atoms with E-state index in [0.717, 1.165) is 6.42 Å². The molecule has 3 atom stereocenters. The van der Waals surface area contributed by atoms with Gasteiger partial charge in [-0.25, -0.2) is 9.18 Å². The molecule has 2 amide bonds. The van der Waals surface area contributed by atoms with Gasteiger partial charge in [0.05, 0.1) is 5.02 Å². The third kappa shape index (κ3) is 3.65. The second kappa shape index (κ2) is 6.41. The van der Waals surface area contributed by atoms with Gasteiger partial charge in [-0.15, -0.1) is 0 Å². The normalized spacial score (nSPS) is 27.1. The highest BCUT2D eigenvalue weighted by Crippen LogP contribution is 2.59. The van der Waals surface area contributed by atoms with Crippen molar-refractivity contribution in [3.05, 3.63) is 34.6 Å². The van der Waals surface area contributed by atoms with Gasteiger partial charge in [-0.1, -0.05) is 30.7 Å². The van der Waals surface area contributed by atoms with Gasteiger partial charge < -0.3 is 10.1 Å². The highest BCUT2D eigenvalue weighted by molar-refractivity contribution is 6.30. The first-order chi connectivity index (χ1) is 12.0. The first-order valence-electron chi connectivity index (χ1n) is 8.74. The molecule has 1 heterocycles. The van der Waals surface area contributed by atoms with Crippen molar-refractivity contribution < 1.29 is 18.7 Å². The molecule has 0 radical (unpaired) electrons. The summed E-state index contributed by atoms with van der Waals surface area (Å²) in [4.78, 5) is 26.8. The van der Waals surface area contributed by atoms with E-state index < -0.39 is 23.6 Å². The summed E-state index contributed by atoms with van der Waals surface area (Å²) in [5, 5.41) is 2.74. The second-order valence-corrected chi connectivity index (χ2v) is 8.82. The molecule has 3 rings (SSSR count). The van der Waals surface area contributed by atoms with Crippen molar-refractivity contribution in [2.75, 3.05) is 0 Å². The van der Waals surface area contributed by atoms with Crippen molar-refractivity contribution >= 4 is 23.6 Å². The molecule has 0 spiro atoms. The minimum Gasteiger partial charge on any atom is -0.444 e. The van der Waals surface area contributed by atoms with Crippen LogP contribution < -0.4 is 5.32 Å². The van der Waals surface area contributed by atoms with E-state index in [1.807, 2.05) is 0 Å². The summed E-state index contributed by atoms with van der Waals surface area (Å²) in [5.41, 5.74) is -0.361. The molecular formula is C19H24ClFN2O3. The maximum atomic E-state index is 14.0. The van der Waals surface area contributed by atoms with Crippen LogP contribution in [0.15, 0.2) is 18.2 Å². The number of fused-ring (bicyclic) bond motifs is 1. The van der Waals surface area contributed by atoms with Crippen LogP contribution in [-0.4, -0.2) is 34.6 Å². The van der Waals surface area contributed by atoms with Crippen LogP contribution in [0.2, 0.25) is 5.02 Å². The standard InChI is InChI=1S/C19H24ClFN2O3/c1-18(2,3)26-17(25)23-13(8-19(4)9-14(19)23)16(24)22-10-11-6-5-7-12(20)15(11)21/h5-7,13-14H,8-10H2,1-4H3,(H,22,24)/t13-,14+,19-/m0/s1. The lowest BCUT2D eigenvalue weighted by Gasteiger charge is -2.29. The lowest BCUT2D eigenvalue weighted by Crippen LogP contribution is -2.49. The van der Waals surface area contributed by atoms with E-state index in [2.05, 4.69) is 12.2 Å². The van der Waals surface area contributed by atoms with Crippen molar-refractivity contribution in [2.45, 2.75) is 64.8 Å². The molecule has 26 heavy (non-hydrogen) atoms.